The molecule has 1 aromatic heterocycles. The number of aromatic nitrogens is 1. The third kappa shape index (κ3) is 3.02. The number of benzene rings is 2. The van der Waals surface area contributed by atoms with Gasteiger partial charge in [0, 0.05) is 10.2 Å². The van der Waals surface area contributed by atoms with Crippen molar-refractivity contribution in [3.63, 3.8) is 0 Å². The fraction of sp³-hybridized carbons (Fsp3) is 0. The van der Waals surface area contributed by atoms with E-state index in [2.05, 4.69) is 26.2 Å². The largest absolute Gasteiger partial charge is 0.399 e. The first-order valence-electron chi connectivity index (χ1n) is 5.95. The van der Waals surface area contributed by atoms with Gasteiger partial charge in [-0.05, 0) is 36.4 Å². The number of carbonyl (C=O) groups is 1. The summed E-state index contributed by atoms with van der Waals surface area (Å²) >= 11 is 10.7. The first-order chi connectivity index (χ1) is 10.0. The maximum atomic E-state index is 12.2. The van der Waals surface area contributed by atoms with Gasteiger partial charge in [0.2, 0.25) is 0 Å². The molecule has 106 valence electrons. The molecule has 1 heterocycles. The highest BCUT2D eigenvalue weighted by molar-refractivity contribution is 9.10. The molecule has 3 aromatic rings. The molecule has 0 aliphatic rings. The van der Waals surface area contributed by atoms with Crippen molar-refractivity contribution in [2.24, 2.45) is 0 Å². The number of thiazole rings is 1. The summed E-state index contributed by atoms with van der Waals surface area (Å²) in [5, 5.41) is 3.65. The van der Waals surface area contributed by atoms with Crippen LogP contribution in [0.25, 0.3) is 10.2 Å². The Balaban J connectivity index is 1.89. The van der Waals surface area contributed by atoms with Crippen molar-refractivity contribution in [1.82, 2.24) is 4.98 Å². The Labute approximate surface area is 138 Å². The monoisotopic (exact) mass is 381 g/mol. The van der Waals surface area contributed by atoms with Gasteiger partial charge in [-0.25, -0.2) is 4.98 Å². The lowest BCUT2D eigenvalue weighted by Gasteiger charge is -2.04. The van der Waals surface area contributed by atoms with Gasteiger partial charge in [0.1, 0.15) is 0 Å². The van der Waals surface area contributed by atoms with Crippen LogP contribution >= 0.6 is 38.9 Å². The molecular formula is C14H9BrClN3OS. The van der Waals surface area contributed by atoms with Crippen LogP contribution in [0.1, 0.15) is 10.4 Å². The summed E-state index contributed by atoms with van der Waals surface area (Å²) in [5.74, 6) is -0.292. The quantitative estimate of drug-likeness (QED) is 0.639. The van der Waals surface area contributed by atoms with Crippen LogP contribution in [-0.2, 0) is 0 Å². The number of nitrogen functional groups attached to an aromatic ring is 1. The molecule has 0 spiro atoms. The van der Waals surface area contributed by atoms with Gasteiger partial charge in [0.05, 0.1) is 20.8 Å². The number of hydrogen-bond donors (Lipinski definition) is 2. The lowest BCUT2D eigenvalue weighted by atomic mass is 10.2. The SMILES string of the molecule is Nc1ccc2nc(NC(=O)c3ccc(Br)cc3Cl)sc2c1. The van der Waals surface area contributed by atoms with Gasteiger partial charge in [-0.3, -0.25) is 10.1 Å². The number of anilines is 2. The number of fused-ring (bicyclic) bond motifs is 1. The van der Waals surface area contributed by atoms with Crippen molar-refractivity contribution in [3.05, 3.63) is 51.5 Å². The summed E-state index contributed by atoms with van der Waals surface area (Å²) in [4.78, 5) is 16.6. The first-order valence-corrected chi connectivity index (χ1v) is 7.94. The Morgan fingerprint density at radius 3 is 2.86 bits per heavy atom. The minimum absolute atomic E-state index is 0.292. The normalized spacial score (nSPS) is 10.8. The second-order valence-electron chi connectivity index (χ2n) is 4.32. The van der Waals surface area contributed by atoms with Gasteiger partial charge in [-0.1, -0.05) is 38.9 Å². The van der Waals surface area contributed by atoms with E-state index < -0.39 is 0 Å². The summed E-state index contributed by atoms with van der Waals surface area (Å²) in [7, 11) is 0. The van der Waals surface area contributed by atoms with E-state index >= 15 is 0 Å². The molecule has 0 bridgehead atoms. The summed E-state index contributed by atoms with van der Waals surface area (Å²) in [6.45, 7) is 0. The number of nitrogens with two attached hydrogens (primary N) is 1. The fourth-order valence-corrected chi connectivity index (χ4v) is 3.50. The van der Waals surface area contributed by atoms with Crippen molar-refractivity contribution in [1.29, 1.82) is 0 Å². The second-order valence-corrected chi connectivity index (χ2v) is 6.68. The Bertz CT molecular complexity index is 849. The molecule has 0 saturated carbocycles. The molecule has 0 saturated heterocycles. The van der Waals surface area contributed by atoms with Gasteiger partial charge in [0.15, 0.2) is 5.13 Å². The fourth-order valence-electron chi connectivity index (χ4n) is 1.83. The van der Waals surface area contributed by atoms with E-state index in [0.29, 0.717) is 21.4 Å². The maximum Gasteiger partial charge on any atom is 0.258 e. The molecule has 0 atom stereocenters. The van der Waals surface area contributed by atoms with E-state index in [0.717, 1.165) is 14.7 Å². The smallest absolute Gasteiger partial charge is 0.258 e. The Hall–Kier alpha value is -1.63. The number of nitrogens with one attached hydrogen (secondary N) is 1. The van der Waals surface area contributed by atoms with Gasteiger partial charge in [-0.15, -0.1) is 0 Å². The molecule has 0 radical (unpaired) electrons. The zero-order chi connectivity index (χ0) is 15.0. The molecule has 21 heavy (non-hydrogen) atoms. The van der Waals surface area contributed by atoms with Crippen LogP contribution in [0, 0.1) is 0 Å². The predicted molar refractivity (Wildman–Crippen MR) is 91.1 cm³/mol. The first kappa shape index (κ1) is 14.3. The number of nitrogens with zero attached hydrogens (tertiary/aromatic N) is 1. The van der Waals surface area contributed by atoms with E-state index in [1.165, 1.54) is 11.3 Å². The Morgan fingerprint density at radius 1 is 1.29 bits per heavy atom. The summed E-state index contributed by atoms with van der Waals surface area (Å²) < 4.78 is 1.74. The molecule has 3 rings (SSSR count). The minimum Gasteiger partial charge on any atom is -0.399 e. The molecule has 0 aliphatic heterocycles. The van der Waals surface area contributed by atoms with Crippen LogP contribution in [-0.4, -0.2) is 10.9 Å². The lowest BCUT2D eigenvalue weighted by molar-refractivity contribution is 0.102. The van der Waals surface area contributed by atoms with Gasteiger partial charge in [-0.2, -0.15) is 0 Å². The number of amides is 1. The summed E-state index contributed by atoms with van der Waals surface area (Å²) in [6, 6.07) is 10.5. The zero-order valence-corrected chi connectivity index (χ0v) is 13.7. The molecule has 0 unspecified atom stereocenters. The molecule has 3 N–H and O–H groups in total. The van der Waals surface area contributed by atoms with Crippen LogP contribution in [0.2, 0.25) is 5.02 Å². The summed E-state index contributed by atoms with van der Waals surface area (Å²) in [6.07, 6.45) is 0. The third-order valence-electron chi connectivity index (χ3n) is 2.81. The molecule has 1 amide bonds. The van der Waals surface area contributed by atoms with Crippen molar-refractivity contribution in [3.8, 4) is 0 Å². The van der Waals surface area contributed by atoms with Crippen molar-refractivity contribution >= 4 is 65.8 Å². The Kier molecular flexibility index (Phi) is 3.84. The topological polar surface area (TPSA) is 68.0 Å². The average molecular weight is 383 g/mol. The minimum atomic E-state index is -0.292. The Morgan fingerprint density at radius 2 is 2.10 bits per heavy atom. The van der Waals surface area contributed by atoms with Crippen molar-refractivity contribution in [2.75, 3.05) is 11.1 Å². The molecule has 4 nitrogen and oxygen atoms in total. The van der Waals surface area contributed by atoms with E-state index in [1.807, 2.05) is 12.1 Å². The van der Waals surface area contributed by atoms with Crippen LogP contribution < -0.4 is 11.1 Å². The standard InChI is InChI=1S/C14H9BrClN3OS/c15-7-1-3-9(10(16)5-7)13(20)19-14-18-11-4-2-8(17)6-12(11)21-14/h1-6H,17H2,(H,18,19,20). The van der Waals surface area contributed by atoms with Gasteiger partial charge >= 0.3 is 0 Å². The number of rotatable bonds is 2. The highest BCUT2D eigenvalue weighted by Crippen LogP contribution is 2.28. The average Bonchev–Trinajstić information content (AvgIpc) is 2.79. The number of hydrogen-bond acceptors (Lipinski definition) is 4. The molecular weight excluding hydrogens is 374 g/mol. The van der Waals surface area contributed by atoms with E-state index in [1.54, 1.807) is 24.3 Å². The number of carbonyl (C=O) groups excluding carboxylic acids is 1. The predicted octanol–water partition coefficient (Wildman–Crippen LogP) is 4.55. The molecule has 2 aromatic carbocycles. The summed E-state index contributed by atoms with van der Waals surface area (Å²) in [5.41, 5.74) is 7.59. The van der Waals surface area contributed by atoms with Crippen LogP contribution in [0.5, 0.6) is 0 Å². The van der Waals surface area contributed by atoms with Crippen molar-refractivity contribution < 1.29 is 4.79 Å². The van der Waals surface area contributed by atoms with Gasteiger partial charge < -0.3 is 5.73 Å². The number of halogens is 2. The molecule has 0 aliphatic carbocycles. The van der Waals surface area contributed by atoms with E-state index in [4.69, 9.17) is 17.3 Å². The maximum absolute atomic E-state index is 12.2. The van der Waals surface area contributed by atoms with E-state index in [-0.39, 0.29) is 5.91 Å². The highest BCUT2D eigenvalue weighted by atomic mass is 79.9. The second kappa shape index (κ2) is 5.63. The van der Waals surface area contributed by atoms with Crippen LogP contribution in [0.4, 0.5) is 10.8 Å². The highest BCUT2D eigenvalue weighted by Gasteiger charge is 2.13. The van der Waals surface area contributed by atoms with Gasteiger partial charge in [0.25, 0.3) is 5.91 Å². The zero-order valence-electron chi connectivity index (χ0n) is 10.6. The third-order valence-corrected chi connectivity index (χ3v) is 4.55. The molecule has 7 heteroatoms. The van der Waals surface area contributed by atoms with Crippen molar-refractivity contribution in [2.45, 2.75) is 0 Å². The van der Waals surface area contributed by atoms with Crippen LogP contribution in [0.3, 0.4) is 0 Å². The van der Waals surface area contributed by atoms with E-state index in [9.17, 15) is 4.79 Å². The lowest BCUT2D eigenvalue weighted by Crippen LogP contribution is -2.12. The molecule has 0 fully saturated rings. The van der Waals surface area contributed by atoms with Crippen LogP contribution in [0.15, 0.2) is 40.9 Å².